The average molecular weight is 435 g/mol. The van der Waals surface area contributed by atoms with Crippen molar-refractivity contribution in [2.45, 2.75) is 58.7 Å². The Morgan fingerprint density at radius 3 is 2.66 bits per heavy atom. The van der Waals surface area contributed by atoms with Crippen LogP contribution in [0.25, 0.3) is 0 Å². The van der Waals surface area contributed by atoms with Crippen molar-refractivity contribution in [1.82, 2.24) is 30.3 Å². The number of benzene rings is 1. The maximum atomic E-state index is 13.0. The first-order chi connectivity index (χ1) is 15.4. The Kier molecular flexibility index (Phi) is 6.18. The molecule has 1 amide bonds. The Morgan fingerprint density at radius 1 is 1.19 bits per heavy atom. The van der Waals surface area contributed by atoms with Crippen molar-refractivity contribution >= 4 is 23.4 Å². The van der Waals surface area contributed by atoms with E-state index < -0.39 is 5.41 Å². The van der Waals surface area contributed by atoms with Gasteiger partial charge in [0.15, 0.2) is 0 Å². The van der Waals surface area contributed by atoms with Gasteiger partial charge in [-0.15, -0.1) is 5.10 Å². The number of carbonyl (C=O) groups is 1. The molecule has 0 bridgehead atoms. The number of fused-ring (bicyclic) bond motifs is 1. The number of amides is 1. The predicted molar refractivity (Wildman–Crippen MR) is 124 cm³/mol. The SMILES string of the molecule is CC[C@H](C)N1C(=O)C(C)(C)c2cnc(Nc3ccc(CNCCn4ccnn4)cc3)nc21. The lowest BCUT2D eigenvalue weighted by atomic mass is 9.88. The summed E-state index contributed by atoms with van der Waals surface area (Å²) >= 11 is 0. The van der Waals surface area contributed by atoms with Crippen LogP contribution in [0, 0.1) is 0 Å². The summed E-state index contributed by atoms with van der Waals surface area (Å²) in [6, 6.07) is 8.23. The molecule has 0 saturated heterocycles. The van der Waals surface area contributed by atoms with E-state index in [0.29, 0.717) is 11.8 Å². The van der Waals surface area contributed by atoms with Crippen LogP contribution >= 0.6 is 0 Å². The summed E-state index contributed by atoms with van der Waals surface area (Å²) < 4.78 is 1.80. The number of carbonyl (C=O) groups excluding carboxylic acids is 1. The third-order valence-corrected chi connectivity index (χ3v) is 5.98. The Hall–Kier alpha value is -3.33. The smallest absolute Gasteiger partial charge is 0.238 e. The molecule has 1 aliphatic rings. The molecule has 1 aromatic carbocycles. The zero-order valence-electron chi connectivity index (χ0n) is 19.0. The molecule has 0 aliphatic carbocycles. The number of aromatic nitrogens is 5. The second-order valence-corrected chi connectivity index (χ2v) is 8.65. The van der Waals surface area contributed by atoms with E-state index >= 15 is 0 Å². The summed E-state index contributed by atoms with van der Waals surface area (Å²) in [6.45, 7) is 10.4. The van der Waals surface area contributed by atoms with Gasteiger partial charge in [-0.25, -0.2) is 4.98 Å². The molecule has 32 heavy (non-hydrogen) atoms. The summed E-state index contributed by atoms with van der Waals surface area (Å²) in [4.78, 5) is 24.0. The number of nitrogens with zero attached hydrogens (tertiary/aromatic N) is 6. The number of anilines is 3. The molecule has 9 nitrogen and oxygen atoms in total. The fourth-order valence-electron chi connectivity index (χ4n) is 3.77. The first-order valence-electron chi connectivity index (χ1n) is 11.0. The first kappa shape index (κ1) is 21.9. The molecule has 0 saturated carbocycles. The van der Waals surface area contributed by atoms with Gasteiger partial charge in [0.05, 0.1) is 18.2 Å². The lowest BCUT2D eigenvalue weighted by molar-refractivity contribution is -0.122. The fraction of sp³-hybridized carbons (Fsp3) is 0.435. The zero-order valence-corrected chi connectivity index (χ0v) is 19.0. The van der Waals surface area contributed by atoms with E-state index in [1.54, 1.807) is 17.1 Å². The molecule has 1 aliphatic heterocycles. The summed E-state index contributed by atoms with van der Waals surface area (Å²) in [6.07, 6.45) is 6.17. The molecule has 0 fully saturated rings. The van der Waals surface area contributed by atoms with Crippen molar-refractivity contribution < 1.29 is 4.79 Å². The van der Waals surface area contributed by atoms with Crippen LogP contribution in [-0.2, 0) is 23.3 Å². The molecule has 168 valence electrons. The molecule has 3 aromatic rings. The van der Waals surface area contributed by atoms with Gasteiger partial charge in [-0.1, -0.05) is 24.3 Å². The Labute approximate surface area is 188 Å². The van der Waals surface area contributed by atoms with Gasteiger partial charge in [0.25, 0.3) is 0 Å². The van der Waals surface area contributed by atoms with Gasteiger partial charge in [0.2, 0.25) is 11.9 Å². The van der Waals surface area contributed by atoms with Crippen LogP contribution in [-0.4, -0.2) is 43.5 Å². The number of rotatable bonds is 9. The van der Waals surface area contributed by atoms with Crippen molar-refractivity contribution in [3.8, 4) is 0 Å². The second-order valence-electron chi connectivity index (χ2n) is 8.65. The van der Waals surface area contributed by atoms with Crippen LogP contribution in [0.5, 0.6) is 0 Å². The van der Waals surface area contributed by atoms with Crippen molar-refractivity contribution in [2.24, 2.45) is 0 Å². The molecule has 2 N–H and O–H groups in total. The lowest BCUT2D eigenvalue weighted by Gasteiger charge is -2.25. The van der Waals surface area contributed by atoms with Crippen molar-refractivity contribution in [3.63, 3.8) is 0 Å². The molecular formula is C23H30N8O. The van der Waals surface area contributed by atoms with Gasteiger partial charge in [-0.2, -0.15) is 4.98 Å². The van der Waals surface area contributed by atoms with Crippen LogP contribution in [0.4, 0.5) is 17.5 Å². The van der Waals surface area contributed by atoms with Gasteiger partial charge in [-0.05, 0) is 44.9 Å². The van der Waals surface area contributed by atoms with Gasteiger partial charge in [-0.3, -0.25) is 14.4 Å². The van der Waals surface area contributed by atoms with E-state index in [9.17, 15) is 4.79 Å². The maximum absolute atomic E-state index is 13.0. The summed E-state index contributed by atoms with van der Waals surface area (Å²) in [5, 5.41) is 14.4. The molecule has 2 aromatic heterocycles. The summed E-state index contributed by atoms with van der Waals surface area (Å²) in [7, 11) is 0. The quantitative estimate of drug-likeness (QED) is 0.499. The minimum Gasteiger partial charge on any atom is -0.324 e. The highest BCUT2D eigenvalue weighted by Crippen LogP contribution is 2.41. The average Bonchev–Trinajstić information content (AvgIpc) is 3.37. The molecule has 4 rings (SSSR count). The van der Waals surface area contributed by atoms with E-state index in [-0.39, 0.29) is 11.9 Å². The standard InChI is InChI=1S/C23H30N8O/c1-5-16(2)31-20-19(23(3,4)21(31)32)15-25-22(28-20)27-18-8-6-17(7-9-18)14-24-10-12-30-13-11-26-29-30/h6-9,11,13,15-16,24H,5,10,12,14H2,1-4H3,(H,25,27,28)/t16-/m0/s1. The van der Waals surface area contributed by atoms with Gasteiger partial charge < -0.3 is 10.6 Å². The highest BCUT2D eigenvalue weighted by Gasteiger charge is 2.46. The highest BCUT2D eigenvalue weighted by atomic mass is 16.2. The molecule has 3 heterocycles. The molecular weight excluding hydrogens is 404 g/mol. The third-order valence-electron chi connectivity index (χ3n) is 5.98. The van der Waals surface area contributed by atoms with E-state index in [0.717, 1.165) is 37.3 Å². The summed E-state index contributed by atoms with van der Waals surface area (Å²) in [5.74, 6) is 1.27. The Balaban J connectivity index is 1.40. The number of hydrogen-bond acceptors (Lipinski definition) is 7. The zero-order chi connectivity index (χ0) is 22.7. The van der Waals surface area contributed by atoms with E-state index in [2.05, 4.69) is 51.9 Å². The van der Waals surface area contributed by atoms with Crippen molar-refractivity contribution in [3.05, 3.63) is 54.0 Å². The number of hydrogen-bond donors (Lipinski definition) is 2. The monoisotopic (exact) mass is 434 g/mol. The molecule has 0 spiro atoms. The highest BCUT2D eigenvalue weighted by molar-refractivity contribution is 6.07. The fourth-order valence-corrected chi connectivity index (χ4v) is 3.77. The number of nitrogens with one attached hydrogen (secondary N) is 2. The van der Waals surface area contributed by atoms with Gasteiger partial charge in [0.1, 0.15) is 5.82 Å². The first-order valence-corrected chi connectivity index (χ1v) is 11.0. The Bertz CT molecular complexity index is 1060. The van der Waals surface area contributed by atoms with Crippen molar-refractivity contribution in [1.29, 1.82) is 0 Å². The lowest BCUT2D eigenvalue weighted by Crippen LogP contribution is -2.41. The van der Waals surface area contributed by atoms with Crippen LogP contribution in [0.1, 0.15) is 45.2 Å². The van der Waals surface area contributed by atoms with Crippen LogP contribution in [0.3, 0.4) is 0 Å². The van der Waals surface area contributed by atoms with E-state index in [1.165, 1.54) is 5.56 Å². The van der Waals surface area contributed by atoms with Gasteiger partial charge >= 0.3 is 0 Å². The Morgan fingerprint density at radius 2 is 1.97 bits per heavy atom. The van der Waals surface area contributed by atoms with Crippen molar-refractivity contribution in [2.75, 3.05) is 16.8 Å². The van der Waals surface area contributed by atoms with E-state index in [1.807, 2.05) is 37.1 Å². The van der Waals surface area contributed by atoms with Gasteiger partial charge in [0, 0.05) is 42.8 Å². The molecule has 0 unspecified atom stereocenters. The maximum Gasteiger partial charge on any atom is 0.238 e. The predicted octanol–water partition coefficient (Wildman–Crippen LogP) is 3.02. The van der Waals surface area contributed by atoms with Crippen LogP contribution < -0.4 is 15.5 Å². The second kappa shape index (κ2) is 9.04. The molecule has 0 radical (unpaired) electrons. The van der Waals surface area contributed by atoms with Crippen LogP contribution in [0.15, 0.2) is 42.9 Å². The molecule has 9 heteroatoms. The topological polar surface area (TPSA) is 101 Å². The normalized spacial score (nSPS) is 15.6. The largest absolute Gasteiger partial charge is 0.324 e. The summed E-state index contributed by atoms with van der Waals surface area (Å²) in [5.41, 5.74) is 2.34. The minimum absolute atomic E-state index is 0.0778. The minimum atomic E-state index is -0.611. The molecule has 1 atom stereocenters. The van der Waals surface area contributed by atoms with Crippen LogP contribution in [0.2, 0.25) is 0 Å². The van der Waals surface area contributed by atoms with E-state index in [4.69, 9.17) is 4.98 Å². The third kappa shape index (κ3) is 4.34.